The fourth-order valence-corrected chi connectivity index (χ4v) is 4.00. The molecule has 1 amide bonds. The summed E-state index contributed by atoms with van der Waals surface area (Å²) in [4.78, 5) is 17.3. The fraction of sp³-hybridized carbons (Fsp3) is 0.185. The number of rotatable bonds is 8. The van der Waals surface area contributed by atoms with Gasteiger partial charge in [0.05, 0.1) is 20.0 Å². The number of thioether (sulfide) groups is 1. The zero-order valence-electron chi connectivity index (χ0n) is 20.0. The van der Waals surface area contributed by atoms with Crippen LogP contribution in [0.1, 0.15) is 11.1 Å². The molecule has 0 atom stereocenters. The molecule has 1 heterocycles. The number of nitrogens with zero attached hydrogens (tertiary/aromatic N) is 3. The summed E-state index contributed by atoms with van der Waals surface area (Å²) in [6.45, 7) is 4.06. The number of anilines is 1. The number of hydrogen-bond acceptors (Lipinski definition) is 7. The Morgan fingerprint density at radius 3 is 1.97 bits per heavy atom. The van der Waals surface area contributed by atoms with Crippen LogP contribution in [0.25, 0.3) is 22.5 Å². The molecule has 4 rings (SSSR count). The van der Waals surface area contributed by atoms with Crippen molar-refractivity contribution in [3.8, 4) is 34.0 Å². The third-order valence-electron chi connectivity index (χ3n) is 5.52. The van der Waals surface area contributed by atoms with E-state index in [-0.39, 0.29) is 11.7 Å². The van der Waals surface area contributed by atoms with E-state index in [9.17, 15) is 4.79 Å². The smallest absolute Gasteiger partial charge is 0.234 e. The molecule has 0 unspecified atom stereocenters. The third kappa shape index (κ3) is 5.96. The Morgan fingerprint density at radius 2 is 1.40 bits per heavy atom. The minimum atomic E-state index is -0.132. The van der Waals surface area contributed by atoms with Gasteiger partial charge in [0.2, 0.25) is 11.1 Å². The van der Waals surface area contributed by atoms with E-state index in [1.54, 1.807) is 14.2 Å². The molecule has 7 nitrogen and oxygen atoms in total. The molecule has 0 spiro atoms. The van der Waals surface area contributed by atoms with E-state index in [2.05, 4.69) is 15.5 Å². The highest BCUT2D eigenvalue weighted by atomic mass is 32.2. The number of carbonyl (C=O) groups excluding carboxylic acids is 1. The average molecular weight is 487 g/mol. The standard InChI is InChI=1S/C27H26N4O3S/c1-17-5-10-21(15-18(17)2)28-24(32)16-35-27-29-25(19-6-11-22(33-3)12-7-19)26(30-31-27)20-8-13-23(34-4)14-9-20/h5-15H,16H2,1-4H3,(H,28,32). The quantitative estimate of drug-likeness (QED) is 0.326. The molecule has 35 heavy (non-hydrogen) atoms. The van der Waals surface area contributed by atoms with Crippen molar-refractivity contribution < 1.29 is 14.3 Å². The molecule has 4 aromatic rings. The summed E-state index contributed by atoms with van der Waals surface area (Å²) >= 11 is 1.24. The first-order chi connectivity index (χ1) is 17.0. The van der Waals surface area contributed by atoms with Crippen molar-refractivity contribution in [1.29, 1.82) is 0 Å². The van der Waals surface area contributed by atoms with E-state index in [4.69, 9.17) is 14.5 Å². The number of aromatic nitrogens is 3. The van der Waals surface area contributed by atoms with Crippen LogP contribution < -0.4 is 14.8 Å². The molecule has 0 radical (unpaired) electrons. The van der Waals surface area contributed by atoms with E-state index in [0.717, 1.165) is 33.9 Å². The Hall–Kier alpha value is -3.91. The maximum atomic E-state index is 12.5. The van der Waals surface area contributed by atoms with Crippen molar-refractivity contribution in [2.45, 2.75) is 19.0 Å². The maximum Gasteiger partial charge on any atom is 0.234 e. The van der Waals surface area contributed by atoms with Gasteiger partial charge in [-0.15, -0.1) is 10.2 Å². The molecule has 0 bridgehead atoms. The maximum absolute atomic E-state index is 12.5. The molecule has 8 heteroatoms. The number of ether oxygens (including phenoxy) is 2. The first-order valence-electron chi connectivity index (χ1n) is 11.0. The van der Waals surface area contributed by atoms with E-state index in [1.165, 1.54) is 17.3 Å². The van der Waals surface area contributed by atoms with Gasteiger partial charge in [0.15, 0.2) is 0 Å². The molecule has 1 N–H and O–H groups in total. The lowest BCUT2D eigenvalue weighted by molar-refractivity contribution is -0.113. The van der Waals surface area contributed by atoms with Crippen LogP contribution in [0.4, 0.5) is 5.69 Å². The van der Waals surface area contributed by atoms with Crippen molar-refractivity contribution in [2.75, 3.05) is 25.3 Å². The molecular weight excluding hydrogens is 460 g/mol. The van der Waals surface area contributed by atoms with Gasteiger partial charge in [-0.05, 0) is 85.6 Å². The van der Waals surface area contributed by atoms with Crippen molar-refractivity contribution >= 4 is 23.4 Å². The van der Waals surface area contributed by atoms with Gasteiger partial charge in [-0.3, -0.25) is 4.79 Å². The number of hydrogen-bond donors (Lipinski definition) is 1. The molecule has 0 aliphatic heterocycles. The zero-order chi connectivity index (χ0) is 24.8. The SMILES string of the molecule is COc1ccc(-c2nnc(SCC(=O)Nc3ccc(C)c(C)c3)nc2-c2ccc(OC)cc2)cc1. The normalized spacial score (nSPS) is 10.6. The number of amides is 1. The Bertz CT molecular complexity index is 1330. The van der Waals surface area contributed by atoms with Crippen LogP contribution in [-0.2, 0) is 4.79 Å². The second kappa shape index (κ2) is 11.0. The van der Waals surface area contributed by atoms with Gasteiger partial charge in [-0.2, -0.15) is 0 Å². The lowest BCUT2D eigenvalue weighted by Crippen LogP contribution is -2.14. The van der Waals surface area contributed by atoms with Crippen LogP contribution in [-0.4, -0.2) is 41.1 Å². The topological polar surface area (TPSA) is 86.2 Å². The van der Waals surface area contributed by atoms with Crippen molar-refractivity contribution in [3.63, 3.8) is 0 Å². The van der Waals surface area contributed by atoms with Crippen LogP contribution in [0.15, 0.2) is 71.9 Å². The predicted molar refractivity (Wildman–Crippen MR) is 139 cm³/mol. The summed E-state index contributed by atoms with van der Waals surface area (Å²) in [6.07, 6.45) is 0. The molecule has 1 aromatic heterocycles. The Kier molecular flexibility index (Phi) is 7.62. The largest absolute Gasteiger partial charge is 0.497 e. The van der Waals surface area contributed by atoms with Crippen LogP contribution in [0.2, 0.25) is 0 Å². The highest BCUT2D eigenvalue weighted by Crippen LogP contribution is 2.32. The fourth-order valence-electron chi connectivity index (χ4n) is 3.41. The molecule has 0 saturated carbocycles. The molecule has 178 valence electrons. The Morgan fingerprint density at radius 1 is 0.800 bits per heavy atom. The summed E-state index contributed by atoms with van der Waals surface area (Å²) in [6, 6.07) is 21.0. The van der Waals surface area contributed by atoms with Gasteiger partial charge in [0.25, 0.3) is 0 Å². The van der Waals surface area contributed by atoms with Crippen LogP contribution in [0, 0.1) is 13.8 Å². The van der Waals surface area contributed by atoms with Crippen molar-refractivity contribution in [2.24, 2.45) is 0 Å². The van der Waals surface area contributed by atoms with E-state index in [0.29, 0.717) is 16.5 Å². The molecule has 3 aromatic carbocycles. The third-order valence-corrected chi connectivity index (χ3v) is 6.35. The van der Waals surface area contributed by atoms with Crippen molar-refractivity contribution in [3.05, 3.63) is 77.9 Å². The predicted octanol–water partition coefficient (Wildman–Crippen LogP) is 5.57. The zero-order valence-corrected chi connectivity index (χ0v) is 20.8. The van der Waals surface area contributed by atoms with E-state index >= 15 is 0 Å². The summed E-state index contributed by atoms with van der Waals surface area (Å²) in [5.41, 5.74) is 6.12. The summed E-state index contributed by atoms with van der Waals surface area (Å²) < 4.78 is 10.6. The van der Waals surface area contributed by atoms with Gasteiger partial charge >= 0.3 is 0 Å². The number of methoxy groups -OCH3 is 2. The first kappa shape index (κ1) is 24.2. The minimum Gasteiger partial charge on any atom is -0.497 e. The number of aryl methyl sites for hydroxylation is 2. The summed E-state index contributed by atoms with van der Waals surface area (Å²) in [7, 11) is 3.25. The van der Waals surface area contributed by atoms with Crippen LogP contribution >= 0.6 is 11.8 Å². The Balaban J connectivity index is 1.57. The second-order valence-corrected chi connectivity index (χ2v) is 8.83. The number of nitrogens with one attached hydrogen (secondary N) is 1. The van der Waals surface area contributed by atoms with Gasteiger partial charge in [0, 0.05) is 16.8 Å². The van der Waals surface area contributed by atoms with Gasteiger partial charge in [-0.1, -0.05) is 17.8 Å². The van der Waals surface area contributed by atoms with E-state index < -0.39 is 0 Å². The lowest BCUT2D eigenvalue weighted by Gasteiger charge is -2.11. The van der Waals surface area contributed by atoms with Gasteiger partial charge < -0.3 is 14.8 Å². The molecule has 0 fully saturated rings. The van der Waals surface area contributed by atoms with Crippen molar-refractivity contribution in [1.82, 2.24) is 15.2 Å². The summed E-state index contributed by atoms with van der Waals surface area (Å²) in [5.74, 6) is 1.53. The molecule has 0 aliphatic rings. The minimum absolute atomic E-state index is 0.132. The average Bonchev–Trinajstić information content (AvgIpc) is 2.89. The molecule has 0 aliphatic carbocycles. The number of carbonyl (C=O) groups is 1. The highest BCUT2D eigenvalue weighted by Gasteiger charge is 2.15. The Labute approximate surface area is 208 Å². The summed E-state index contributed by atoms with van der Waals surface area (Å²) in [5, 5.41) is 12.1. The van der Waals surface area contributed by atoms with Gasteiger partial charge in [0.1, 0.15) is 22.9 Å². The van der Waals surface area contributed by atoms with Crippen LogP contribution in [0.5, 0.6) is 11.5 Å². The first-order valence-corrected chi connectivity index (χ1v) is 12.0. The number of benzene rings is 3. The van der Waals surface area contributed by atoms with Crippen LogP contribution in [0.3, 0.4) is 0 Å². The highest BCUT2D eigenvalue weighted by molar-refractivity contribution is 7.99. The lowest BCUT2D eigenvalue weighted by atomic mass is 10.0. The molecule has 0 saturated heterocycles. The second-order valence-electron chi connectivity index (χ2n) is 7.88. The van der Waals surface area contributed by atoms with Gasteiger partial charge in [-0.25, -0.2) is 4.98 Å². The molecular formula is C27H26N4O3S. The monoisotopic (exact) mass is 486 g/mol. The van der Waals surface area contributed by atoms with E-state index in [1.807, 2.05) is 80.6 Å².